The number of nitrogens with two attached hydrogens (primary N) is 1. The fourth-order valence-corrected chi connectivity index (χ4v) is 4.16. The lowest BCUT2D eigenvalue weighted by Gasteiger charge is -2.17. The van der Waals surface area contributed by atoms with E-state index >= 15 is 0 Å². The van der Waals surface area contributed by atoms with Gasteiger partial charge in [0.05, 0.1) is 9.92 Å². The maximum atomic E-state index is 13.7. The zero-order valence-corrected chi connectivity index (χ0v) is 13.3. The van der Waals surface area contributed by atoms with Gasteiger partial charge in [-0.25, -0.2) is 17.5 Å². The molecule has 2 rings (SSSR count). The molecule has 0 unspecified atom stereocenters. The van der Waals surface area contributed by atoms with Gasteiger partial charge in [0.1, 0.15) is 5.82 Å². The number of hydrogen-bond acceptors (Lipinski definition) is 3. The van der Waals surface area contributed by atoms with Crippen LogP contribution in [0.25, 0.3) is 0 Å². The summed E-state index contributed by atoms with van der Waals surface area (Å²) in [5.74, 6) is -0.763. The number of sulfonamides is 1. The first-order valence-electron chi connectivity index (χ1n) is 7.14. The molecule has 7 heteroatoms. The molecule has 3 N–H and O–H groups in total. The quantitative estimate of drug-likeness (QED) is 0.831. The largest absolute Gasteiger partial charge is 0.326 e. The summed E-state index contributed by atoms with van der Waals surface area (Å²) in [5, 5.41) is -0.120. The van der Waals surface area contributed by atoms with Gasteiger partial charge in [0, 0.05) is 12.6 Å². The smallest absolute Gasteiger partial charge is 0.240 e. The van der Waals surface area contributed by atoms with Crippen LogP contribution in [0.3, 0.4) is 0 Å². The minimum absolute atomic E-state index is 0.0114. The molecule has 1 fully saturated rings. The van der Waals surface area contributed by atoms with E-state index in [1.54, 1.807) is 0 Å². The van der Waals surface area contributed by atoms with Crippen LogP contribution in [0.15, 0.2) is 17.0 Å². The molecule has 0 aromatic heterocycles. The van der Waals surface area contributed by atoms with E-state index in [1.807, 2.05) is 0 Å². The van der Waals surface area contributed by atoms with E-state index in [1.165, 1.54) is 6.07 Å². The molecule has 0 radical (unpaired) electrons. The van der Waals surface area contributed by atoms with Crippen molar-refractivity contribution in [2.75, 3.05) is 0 Å². The Kier molecular flexibility index (Phi) is 5.60. The van der Waals surface area contributed by atoms with Crippen LogP contribution >= 0.6 is 11.6 Å². The molecule has 21 heavy (non-hydrogen) atoms. The topological polar surface area (TPSA) is 72.2 Å². The van der Waals surface area contributed by atoms with Crippen molar-refractivity contribution in [1.82, 2.24) is 4.72 Å². The molecule has 1 aliphatic carbocycles. The molecule has 0 saturated heterocycles. The Balaban J connectivity index is 2.24. The van der Waals surface area contributed by atoms with Crippen molar-refractivity contribution < 1.29 is 12.8 Å². The first-order chi connectivity index (χ1) is 9.94. The highest BCUT2D eigenvalue weighted by Gasteiger charge is 2.23. The van der Waals surface area contributed by atoms with Crippen LogP contribution in [-0.4, -0.2) is 14.5 Å². The molecule has 0 aliphatic heterocycles. The SMILES string of the molecule is NCc1cc(S(=O)(=O)NC2CCCCCC2)cc(F)c1Cl. The van der Waals surface area contributed by atoms with E-state index in [-0.39, 0.29) is 28.1 Å². The van der Waals surface area contributed by atoms with E-state index in [2.05, 4.69) is 4.72 Å². The molecule has 1 aliphatic rings. The van der Waals surface area contributed by atoms with E-state index in [0.717, 1.165) is 44.6 Å². The minimum Gasteiger partial charge on any atom is -0.326 e. The van der Waals surface area contributed by atoms with Gasteiger partial charge in [0.25, 0.3) is 0 Å². The van der Waals surface area contributed by atoms with Crippen molar-refractivity contribution in [2.24, 2.45) is 5.73 Å². The average molecular weight is 335 g/mol. The Morgan fingerprint density at radius 2 is 1.86 bits per heavy atom. The average Bonchev–Trinajstić information content (AvgIpc) is 2.69. The third-order valence-corrected chi connectivity index (χ3v) is 5.71. The van der Waals surface area contributed by atoms with Gasteiger partial charge >= 0.3 is 0 Å². The minimum atomic E-state index is -3.75. The molecule has 118 valence electrons. The molecule has 4 nitrogen and oxygen atoms in total. The van der Waals surface area contributed by atoms with Gasteiger partial charge in [0.2, 0.25) is 10.0 Å². The van der Waals surface area contributed by atoms with Gasteiger partial charge in [-0.3, -0.25) is 0 Å². The lowest BCUT2D eigenvalue weighted by atomic mass is 10.1. The summed E-state index contributed by atoms with van der Waals surface area (Å²) in [6.45, 7) is -0.0114. The lowest BCUT2D eigenvalue weighted by Crippen LogP contribution is -2.34. The molecule has 0 heterocycles. The molecular formula is C14H20ClFN2O2S. The molecule has 0 spiro atoms. The highest BCUT2D eigenvalue weighted by molar-refractivity contribution is 7.89. The van der Waals surface area contributed by atoms with Gasteiger partial charge in [-0.1, -0.05) is 37.3 Å². The van der Waals surface area contributed by atoms with Crippen molar-refractivity contribution in [3.05, 3.63) is 28.5 Å². The maximum absolute atomic E-state index is 13.7. The Labute approximate surface area is 129 Å². The summed E-state index contributed by atoms with van der Waals surface area (Å²) in [6.07, 6.45) is 5.92. The number of nitrogens with one attached hydrogen (secondary N) is 1. The van der Waals surface area contributed by atoms with Crippen LogP contribution in [-0.2, 0) is 16.6 Å². The fraction of sp³-hybridized carbons (Fsp3) is 0.571. The fourth-order valence-electron chi connectivity index (χ4n) is 2.61. The molecular weight excluding hydrogens is 315 g/mol. The predicted molar refractivity (Wildman–Crippen MR) is 81.1 cm³/mol. The second-order valence-corrected chi connectivity index (χ2v) is 7.48. The van der Waals surface area contributed by atoms with Crippen molar-refractivity contribution in [3.8, 4) is 0 Å². The zero-order chi connectivity index (χ0) is 15.5. The standard InChI is InChI=1S/C14H20ClFN2O2S/c15-14-10(9-17)7-12(8-13(14)16)21(19,20)18-11-5-3-1-2-4-6-11/h7-8,11,18H,1-6,9,17H2. The highest BCUT2D eigenvalue weighted by Crippen LogP contribution is 2.25. The van der Waals surface area contributed by atoms with Crippen LogP contribution in [0.5, 0.6) is 0 Å². The first-order valence-corrected chi connectivity index (χ1v) is 9.00. The predicted octanol–water partition coefficient (Wildman–Crippen LogP) is 2.94. The third-order valence-electron chi connectivity index (χ3n) is 3.78. The molecule has 1 aromatic carbocycles. The second kappa shape index (κ2) is 7.05. The second-order valence-electron chi connectivity index (χ2n) is 5.39. The van der Waals surface area contributed by atoms with Gasteiger partial charge < -0.3 is 5.73 Å². The summed E-state index contributed by atoms with van der Waals surface area (Å²) in [7, 11) is -3.75. The number of rotatable bonds is 4. The zero-order valence-electron chi connectivity index (χ0n) is 11.7. The summed E-state index contributed by atoms with van der Waals surface area (Å²) in [6, 6.07) is 2.20. The van der Waals surface area contributed by atoms with Crippen molar-refractivity contribution in [1.29, 1.82) is 0 Å². The summed E-state index contributed by atoms with van der Waals surface area (Å²) in [4.78, 5) is -0.117. The Morgan fingerprint density at radius 1 is 1.24 bits per heavy atom. The molecule has 0 atom stereocenters. The summed E-state index contributed by atoms with van der Waals surface area (Å²) >= 11 is 5.76. The number of hydrogen-bond donors (Lipinski definition) is 2. The Hall–Kier alpha value is -0.690. The molecule has 0 bridgehead atoms. The van der Waals surface area contributed by atoms with E-state index in [4.69, 9.17) is 17.3 Å². The lowest BCUT2D eigenvalue weighted by molar-refractivity contribution is 0.509. The molecule has 0 amide bonds. The van der Waals surface area contributed by atoms with Crippen LogP contribution in [0, 0.1) is 5.82 Å². The number of benzene rings is 1. The van der Waals surface area contributed by atoms with Crippen molar-refractivity contribution >= 4 is 21.6 Å². The normalized spacial score (nSPS) is 17.7. The van der Waals surface area contributed by atoms with E-state index < -0.39 is 15.8 Å². The van der Waals surface area contributed by atoms with Crippen molar-refractivity contribution in [3.63, 3.8) is 0 Å². The maximum Gasteiger partial charge on any atom is 0.240 e. The van der Waals surface area contributed by atoms with Crippen LogP contribution in [0.1, 0.15) is 44.1 Å². The Bertz CT molecular complexity index is 599. The van der Waals surface area contributed by atoms with Crippen LogP contribution in [0.4, 0.5) is 4.39 Å². The third kappa shape index (κ3) is 4.16. The van der Waals surface area contributed by atoms with Gasteiger partial charge in [-0.2, -0.15) is 0 Å². The van der Waals surface area contributed by atoms with Gasteiger partial charge in [-0.05, 0) is 30.5 Å². The molecule has 1 aromatic rings. The van der Waals surface area contributed by atoms with E-state index in [0.29, 0.717) is 0 Å². The summed E-state index contributed by atoms with van der Waals surface area (Å²) < 4.78 is 41.2. The van der Waals surface area contributed by atoms with Gasteiger partial charge in [-0.15, -0.1) is 0 Å². The van der Waals surface area contributed by atoms with Crippen LogP contribution < -0.4 is 10.5 Å². The Morgan fingerprint density at radius 3 is 2.43 bits per heavy atom. The van der Waals surface area contributed by atoms with Crippen LogP contribution in [0.2, 0.25) is 5.02 Å². The van der Waals surface area contributed by atoms with E-state index in [9.17, 15) is 12.8 Å². The number of halogens is 2. The first kappa shape index (κ1) is 16.7. The molecule has 1 saturated carbocycles. The van der Waals surface area contributed by atoms with Gasteiger partial charge in [0.15, 0.2) is 0 Å². The monoisotopic (exact) mass is 334 g/mol. The summed E-state index contributed by atoms with van der Waals surface area (Å²) in [5.41, 5.74) is 5.76. The highest BCUT2D eigenvalue weighted by atomic mass is 35.5. The van der Waals surface area contributed by atoms with Crippen molar-refractivity contribution in [2.45, 2.75) is 56.0 Å².